The summed E-state index contributed by atoms with van der Waals surface area (Å²) in [4.78, 5) is 0. The molecule has 0 bridgehead atoms. The van der Waals surface area contributed by atoms with E-state index in [0.29, 0.717) is 13.1 Å². The zero-order valence-electron chi connectivity index (χ0n) is 10.5. The minimum Gasteiger partial charge on any atom is -0.346 e. The van der Waals surface area contributed by atoms with Gasteiger partial charge in [-0.2, -0.15) is 0 Å². The molecule has 0 aliphatic rings. The van der Waals surface area contributed by atoms with Gasteiger partial charge in [-0.05, 0) is 36.0 Å². The third-order valence-electron chi connectivity index (χ3n) is 2.97. The second-order valence-corrected chi connectivity index (χ2v) is 6.83. The average Bonchev–Trinajstić information content (AvgIpc) is 2.68. The van der Waals surface area contributed by atoms with Crippen LogP contribution in [0.4, 0.5) is 0 Å². The van der Waals surface area contributed by atoms with Crippen LogP contribution in [-0.2, 0) is 22.8 Å². The Morgan fingerprint density at radius 1 is 1.28 bits per heavy atom. The van der Waals surface area contributed by atoms with E-state index in [2.05, 4.69) is 18.2 Å². The van der Waals surface area contributed by atoms with Crippen LogP contribution in [-0.4, -0.2) is 31.5 Å². The fourth-order valence-electron chi connectivity index (χ4n) is 2.01. The zero-order valence-corrected chi connectivity index (χ0v) is 11.3. The van der Waals surface area contributed by atoms with Gasteiger partial charge in [0.1, 0.15) is 9.84 Å². The molecule has 1 aromatic carbocycles. The maximum Gasteiger partial charge on any atom is 0.149 e. The Kier molecular flexibility index (Phi) is 3.73. The van der Waals surface area contributed by atoms with Gasteiger partial charge in [-0.25, -0.2) is 8.42 Å². The van der Waals surface area contributed by atoms with Crippen LogP contribution in [0.5, 0.6) is 0 Å². The first kappa shape index (κ1) is 13.1. The van der Waals surface area contributed by atoms with Crippen molar-refractivity contribution in [1.29, 1.82) is 0 Å². The molecule has 2 rings (SSSR count). The molecular weight excluding hydrogens is 248 g/mol. The Hall–Kier alpha value is -1.33. The summed E-state index contributed by atoms with van der Waals surface area (Å²) in [5.74, 6) is 0.165. The molecule has 2 aromatic rings. The summed E-state index contributed by atoms with van der Waals surface area (Å²) in [7, 11) is -2.93. The van der Waals surface area contributed by atoms with E-state index in [1.54, 1.807) is 0 Å². The molecule has 0 amide bonds. The first-order valence-electron chi connectivity index (χ1n) is 5.95. The number of fused-ring (bicyclic) bond motifs is 1. The molecule has 0 aliphatic carbocycles. The predicted molar refractivity (Wildman–Crippen MR) is 74.4 cm³/mol. The number of nitrogens with two attached hydrogens (primary N) is 1. The van der Waals surface area contributed by atoms with Gasteiger partial charge >= 0.3 is 0 Å². The normalized spacial score (nSPS) is 12.1. The molecule has 0 spiro atoms. The lowest BCUT2D eigenvalue weighted by atomic mass is 10.1. The number of aryl methyl sites for hydroxylation is 1. The average molecular weight is 266 g/mol. The summed E-state index contributed by atoms with van der Waals surface area (Å²) in [5.41, 5.74) is 7.81. The maximum atomic E-state index is 11.2. The number of hydrogen-bond donors (Lipinski definition) is 1. The van der Waals surface area contributed by atoms with Gasteiger partial charge < -0.3 is 10.3 Å². The quantitative estimate of drug-likeness (QED) is 0.884. The second-order valence-electron chi connectivity index (χ2n) is 4.57. The molecule has 0 aliphatic heterocycles. The third kappa shape index (κ3) is 3.11. The molecule has 98 valence electrons. The topological polar surface area (TPSA) is 65.1 Å². The van der Waals surface area contributed by atoms with Crippen molar-refractivity contribution in [3.63, 3.8) is 0 Å². The van der Waals surface area contributed by atoms with Gasteiger partial charge in [0.15, 0.2) is 0 Å². The Morgan fingerprint density at radius 2 is 2.06 bits per heavy atom. The Labute approximate surface area is 107 Å². The van der Waals surface area contributed by atoms with E-state index in [-0.39, 0.29) is 5.75 Å². The van der Waals surface area contributed by atoms with Crippen LogP contribution in [0.2, 0.25) is 0 Å². The minimum absolute atomic E-state index is 0.165. The van der Waals surface area contributed by atoms with E-state index in [4.69, 9.17) is 5.73 Å². The molecule has 0 atom stereocenters. The van der Waals surface area contributed by atoms with Crippen molar-refractivity contribution in [3.8, 4) is 0 Å². The van der Waals surface area contributed by atoms with Gasteiger partial charge in [-0.3, -0.25) is 0 Å². The lowest BCUT2D eigenvalue weighted by Crippen LogP contribution is -2.10. The molecular formula is C13H18N2O2S. The van der Waals surface area contributed by atoms with Crippen LogP contribution in [0.3, 0.4) is 0 Å². The molecule has 0 radical (unpaired) electrons. The van der Waals surface area contributed by atoms with Crippen LogP contribution < -0.4 is 5.73 Å². The van der Waals surface area contributed by atoms with Gasteiger partial charge in [0, 0.05) is 24.5 Å². The number of nitrogens with zero attached hydrogens (tertiary/aromatic N) is 1. The van der Waals surface area contributed by atoms with Crippen LogP contribution in [0.1, 0.15) is 5.56 Å². The SMILES string of the molecule is CS(=O)(=O)CCn1ccc2ccc(CCN)cc21. The molecule has 0 saturated heterocycles. The van der Waals surface area contributed by atoms with Crippen molar-refractivity contribution < 1.29 is 8.42 Å². The summed E-state index contributed by atoms with van der Waals surface area (Å²) >= 11 is 0. The first-order chi connectivity index (χ1) is 8.49. The Bertz CT molecular complexity index is 644. The number of benzene rings is 1. The van der Waals surface area contributed by atoms with Crippen molar-refractivity contribution in [2.24, 2.45) is 5.73 Å². The van der Waals surface area contributed by atoms with Crippen molar-refractivity contribution in [2.75, 3.05) is 18.6 Å². The summed E-state index contributed by atoms with van der Waals surface area (Å²) in [6, 6.07) is 8.21. The van der Waals surface area contributed by atoms with Crippen LogP contribution >= 0.6 is 0 Å². The van der Waals surface area contributed by atoms with Crippen LogP contribution in [0, 0.1) is 0 Å². The highest BCUT2D eigenvalue weighted by Gasteiger charge is 2.06. The Balaban J connectivity index is 2.30. The highest BCUT2D eigenvalue weighted by atomic mass is 32.2. The van der Waals surface area contributed by atoms with Crippen LogP contribution in [0.25, 0.3) is 10.9 Å². The fraction of sp³-hybridized carbons (Fsp3) is 0.385. The van der Waals surface area contributed by atoms with E-state index in [9.17, 15) is 8.42 Å². The van der Waals surface area contributed by atoms with Crippen molar-refractivity contribution in [3.05, 3.63) is 36.0 Å². The summed E-state index contributed by atoms with van der Waals surface area (Å²) in [5, 5.41) is 1.13. The lowest BCUT2D eigenvalue weighted by Gasteiger charge is -2.06. The molecule has 1 aromatic heterocycles. The number of hydrogen-bond acceptors (Lipinski definition) is 3. The second kappa shape index (κ2) is 5.12. The molecule has 0 fully saturated rings. The number of aromatic nitrogens is 1. The smallest absolute Gasteiger partial charge is 0.149 e. The van der Waals surface area contributed by atoms with E-state index >= 15 is 0 Å². The molecule has 0 saturated carbocycles. The van der Waals surface area contributed by atoms with Gasteiger partial charge in [-0.1, -0.05) is 12.1 Å². The molecule has 18 heavy (non-hydrogen) atoms. The van der Waals surface area contributed by atoms with Crippen molar-refractivity contribution in [1.82, 2.24) is 4.57 Å². The summed E-state index contributed by atoms with van der Waals surface area (Å²) in [6.45, 7) is 1.12. The molecule has 1 heterocycles. The highest BCUT2D eigenvalue weighted by molar-refractivity contribution is 7.90. The van der Waals surface area contributed by atoms with Gasteiger partial charge in [0.25, 0.3) is 0 Å². The standard InChI is InChI=1S/C13H18N2O2S/c1-18(16,17)9-8-15-7-5-12-3-2-11(4-6-14)10-13(12)15/h2-3,5,7,10H,4,6,8-9,14H2,1H3. The molecule has 4 nitrogen and oxygen atoms in total. The first-order valence-corrected chi connectivity index (χ1v) is 8.01. The highest BCUT2D eigenvalue weighted by Crippen LogP contribution is 2.18. The van der Waals surface area contributed by atoms with Crippen molar-refractivity contribution in [2.45, 2.75) is 13.0 Å². The van der Waals surface area contributed by atoms with E-state index in [1.165, 1.54) is 11.8 Å². The predicted octanol–water partition coefficient (Wildman–Crippen LogP) is 1.19. The summed E-state index contributed by atoms with van der Waals surface area (Å²) in [6.07, 6.45) is 4.04. The third-order valence-corrected chi connectivity index (χ3v) is 3.90. The summed E-state index contributed by atoms with van der Waals surface area (Å²) < 4.78 is 24.4. The van der Waals surface area contributed by atoms with Gasteiger partial charge in [0.05, 0.1) is 5.75 Å². The molecule has 5 heteroatoms. The zero-order chi connectivity index (χ0) is 13.2. The monoisotopic (exact) mass is 266 g/mol. The van der Waals surface area contributed by atoms with Crippen LogP contribution in [0.15, 0.2) is 30.5 Å². The Morgan fingerprint density at radius 3 is 2.72 bits per heavy atom. The lowest BCUT2D eigenvalue weighted by molar-refractivity contribution is 0.596. The maximum absolute atomic E-state index is 11.2. The number of rotatable bonds is 5. The molecule has 0 unspecified atom stereocenters. The fourth-order valence-corrected chi connectivity index (χ4v) is 2.54. The number of sulfone groups is 1. The van der Waals surface area contributed by atoms with E-state index < -0.39 is 9.84 Å². The van der Waals surface area contributed by atoms with Gasteiger partial charge in [-0.15, -0.1) is 0 Å². The van der Waals surface area contributed by atoms with E-state index in [1.807, 2.05) is 16.8 Å². The van der Waals surface area contributed by atoms with E-state index in [0.717, 1.165) is 17.3 Å². The molecule has 2 N–H and O–H groups in total. The van der Waals surface area contributed by atoms with Crippen molar-refractivity contribution >= 4 is 20.7 Å². The largest absolute Gasteiger partial charge is 0.346 e. The van der Waals surface area contributed by atoms with Gasteiger partial charge in [0.2, 0.25) is 0 Å². The minimum atomic E-state index is -2.93.